The summed E-state index contributed by atoms with van der Waals surface area (Å²) in [5, 5.41) is 0. The summed E-state index contributed by atoms with van der Waals surface area (Å²) in [6.07, 6.45) is 3.58. The topological polar surface area (TPSA) is 26.3 Å². The third-order valence-corrected chi connectivity index (χ3v) is 2.01. The summed E-state index contributed by atoms with van der Waals surface area (Å²) in [5.41, 5.74) is 0. The van der Waals surface area contributed by atoms with Crippen LogP contribution in [0.2, 0.25) is 0 Å². The van der Waals surface area contributed by atoms with Gasteiger partial charge in [0.15, 0.2) is 0 Å². The van der Waals surface area contributed by atoms with Crippen LogP contribution in [0, 0.1) is 0 Å². The van der Waals surface area contributed by atoms with Crippen LogP contribution in [0.5, 0.6) is 0 Å². The molecule has 0 unspecified atom stereocenters. The van der Waals surface area contributed by atoms with Crippen molar-refractivity contribution in [3.8, 4) is 0 Å². The molecule has 0 aromatic carbocycles. The number of carbonyl (C=O) groups excluding carboxylic acids is 1. The molecule has 0 fully saturated rings. The van der Waals surface area contributed by atoms with Gasteiger partial charge in [0.1, 0.15) is 0 Å². The summed E-state index contributed by atoms with van der Waals surface area (Å²) in [4.78, 5) is 10.8. The van der Waals surface area contributed by atoms with E-state index in [0.717, 1.165) is 23.7 Å². The SMILES string of the molecule is CCCC(=O)OCCCCI. The molecule has 0 heterocycles. The van der Waals surface area contributed by atoms with Crippen LogP contribution in [0.25, 0.3) is 0 Å². The summed E-state index contributed by atoms with van der Waals surface area (Å²) < 4.78 is 6.08. The molecule has 0 radical (unpaired) electrons. The number of rotatable bonds is 6. The number of alkyl halides is 1. The average Bonchev–Trinajstić information content (AvgIpc) is 1.99. The van der Waals surface area contributed by atoms with Gasteiger partial charge in [0.05, 0.1) is 6.61 Å². The second kappa shape index (κ2) is 8.30. The molecule has 3 heteroatoms. The van der Waals surface area contributed by atoms with Gasteiger partial charge in [-0.2, -0.15) is 0 Å². The fourth-order valence-electron chi connectivity index (χ4n) is 0.659. The molecule has 0 spiro atoms. The average molecular weight is 270 g/mol. The van der Waals surface area contributed by atoms with E-state index in [1.165, 1.54) is 0 Å². The van der Waals surface area contributed by atoms with Crippen LogP contribution in [-0.4, -0.2) is 17.0 Å². The van der Waals surface area contributed by atoms with Crippen molar-refractivity contribution >= 4 is 28.6 Å². The Morgan fingerprint density at radius 3 is 2.73 bits per heavy atom. The van der Waals surface area contributed by atoms with E-state index in [1.54, 1.807) is 0 Å². The molecule has 2 nitrogen and oxygen atoms in total. The van der Waals surface area contributed by atoms with Crippen molar-refractivity contribution in [3.63, 3.8) is 0 Å². The smallest absolute Gasteiger partial charge is 0.305 e. The molecule has 0 aromatic heterocycles. The van der Waals surface area contributed by atoms with Crippen LogP contribution in [-0.2, 0) is 9.53 Å². The molecule has 0 amide bonds. The molecule has 0 rings (SSSR count). The van der Waals surface area contributed by atoms with Gasteiger partial charge in [0, 0.05) is 6.42 Å². The number of unbranched alkanes of at least 4 members (excludes halogenated alkanes) is 1. The number of ether oxygens (including phenoxy) is 1. The maximum absolute atomic E-state index is 10.8. The van der Waals surface area contributed by atoms with Gasteiger partial charge in [-0.1, -0.05) is 29.5 Å². The molecule has 0 bridgehead atoms. The van der Waals surface area contributed by atoms with Crippen molar-refractivity contribution in [3.05, 3.63) is 0 Å². The molecule has 0 aromatic rings. The molecule has 0 aliphatic carbocycles. The van der Waals surface area contributed by atoms with Gasteiger partial charge >= 0.3 is 5.97 Å². The fraction of sp³-hybridized carbons (Fsp3) is 0.875. The van der Waals surface area contributed by atoms with E-state index in [2.05, 4.69) is 22.6 Å². The van der Waals surface area contributed by atoms with Crippen LogP contribution in [0.3, 0.4) is 0 Å². The van der Waals surface area contributed by atoms with Gasteiger partial charge in [-0.25, -0.2) is 0 Å². The van der Waals surface area contributed by atoms with Gasteiger partial charge < -0.3 is 4.74 Å². The Morgan fingerprint density at radius 2 is 2.18 bits per heavy atom. The molecule has 66 valence electrons. The zero-order valence-electron chi connectivity index (χ0n) is 6.94. The number of carbonyl (C=O) groups is 1. The zero-order chi connectivity index (χ0) is 8.53. The highest BCUT2D eigenvalue weighted by molar-refractivity contribution is 14.1. The van der Waals surface area contributed by atoms with Crippen molar-refractivity contribution in [2.24, 2.45) is 0 Å². The van der Waals surface area contributed by atoms with E-state index in [4.69, 9.17) is 4.74 Å². The summed E-state index contributed by atoms with van der Waals surface area (Å²) in [6, 6.07) is 0. The molecular weight excluding hydrogens is 255 g/mol. The lowest BCUT2D eigenvalue weighted by atomic mass is 10.3. The molecule has 0 aliphatic heterocycles. The third-order valence-electron chi connectivity index (χ3n) is 1.25. The first-order valence-electron chi connectivity index (χ1n) is 4.02. The Labute approximate surface area is 81.8 Å². The van der Waals surface area contributed by atoms with Crippen molar-refractivity contribution in [1.29, 1.82) is 0 Å². The second-order valence-electron chi connectivity index (χ2n) is 2.37. The Kier molecular flexibility index (Phi) is 8.45. The van der Waals surface area contributed by atoms with E-state index in [1.807, 2.05) is 6.92 Å². The molecule has 0 atom stereocenters. The van der Waals surface area contributed by atoms with Gasteiger partial charge in [0.25, 0.3) is 0 Å². The summed E-state index contributed by atoms with van der Waals surface area (Å²) in [6.45, 7) is 2.58. The van der Waals surface area contributed by atoms with E-state index >= 15 is 0 Å². The molecular formula is C8H15IO2. The van der Waals surface area contributed by atoms with Crippen molar-refractivity contribution in [2.45, 2.75) is 32.6 Å². The van der Waals surface area contributed by atoms with Crippen LogP contribution >= 0.6 is 22.6 Å². The molecule has 0 N–H and O–H groups in total. The first-order chi connectivity index (χ1) is 5.31. The van der Waals surface area contributed by atoms with E-state index in [0.29, 0.717) is 13.0 Å². The fourth-order valence-corrected chi connectivity index (χ4v) is 1.20. The van der Waals surface area contributed by atoms with Gasteiger partial charge in [-0.05, 0) is 23.7 Å². The van der Waals surface area contributed by atoms with Crippen LogP contribution in [0.4, 0.5) is 0 Å². The van der Waals surface area contributed by atoms with Crippen LogP contribution in [0.1, 0.15) is 32.6 Å². The largest absolute Gasteiger partial charge is 0.466 e. The maximum Gasteiger partial charge on any atom is 0.305 e. The molecule has 11 heavy (non-hydrogen) atoms. The minimum Gasteiger partial charge on any atom is -0.466 e. The number of esters is 1. The Morgan fingerprint density at radius 1 is 1.45 bits per heavy atom. The predicted octanol–water partition coefficient (Wildman–Crippen LogP) is 2.54. The molecule has 0 aliphatic rings. The lowest BCUT2D eigenvalue weighted by Gasteiger charge is -2.01. The number of hydrogen-bond acceptors (Lipinski definition) is 2. The normalized spacial score (nSPS) is 9.64. The maximum atomic E-state index is 10.8. The quantitative estimate of drug-likeness (QED) is 0.321. The first kappa shape index (κ1) is 11.2. The highest BCUT2D eigenvalue weighted by atomic mass is 127. The van der Waals surface area contributed by atoms with Crippen molar-refractivity contribution in [2.75, 3.05) is 11.0 Å². The lowest BCUT2D eigenvalue weighted by molar-refractivity contribution is -0.143. The van der Waals surface area contributed by atoms with E-state index < -0.39 is 0 Å². The summed E-state index contributed by atoms with van der Waals surface area (Å²) in [7, 11) is 0. The minimum absolute atomic E-state index is 0.0547. The Hall–Kier alpha value is 0.200. The van der Waals surface area contributed by atoms with Crippen LogP contribution < -0.4 is 0 Å². The lowest BCUT2D eigenvalue weighted by Crippen LogP contribution is -2.04. The third kappa shape index (κ3) is 8.10. The second-order valence-corrected chi connectivity index (χ2v) is 3.45. The Bertz CT molecular complexity index is 104. The van der Waals surface area contributed by atoms with Gasteiger partial charge in [-0.15, -0.1) is 0 Å². The van der Waals surface area contributed by atoms with Crippen LogP contribution in [0.15, 0.2) is 0 Å². The molecule has 0 saturated carbocycles. The summed E-state index contributed by atoms with van der Waals surface area (Å²) >= 11 is 2.32. The summed E-state index contributed by atoms with van der Waals surface area (Å²) in [5.74, 6) is -0.0547. The van der Waals surface area contributed by atoms with Crippen molar-refractivity contribution in [1.82, 2.24) is 0 Å². The van der Waals surface area contributed by atoms with E-state index in [-0.39, 0.29) is 5.97 Å². The highest BCUT2D eigenvalue weighted by Gasteiger charge is 1.98. The van der Waals surface area contributed by atoms with Crippen molar-refractivity contribution < 1.29 is 9.53 Å². The van der Waals surface area contributed by atoms with Gasteiger partial charge in [0.2, 0.25) is 0 Å². The van der Waals surface area contributed by atoms with Gasteiger partial charge in [-0.3, -0.25) is 4.79 Å². The van der Waals surface area contributed by atoms with E-state index in [9.17, 15) is 4.79 Å². The first-order valence-corrected chi connectivity index (χ1v) is 5.55. The zero-order valence-corrected chi connectivity index (χ0v) is 9.09. The monoisotopic (exact) mass is 270 g/mol. The number of hydrogen-bond donors (Lipinski definition) is 0. The predicted molar refractivity (Wildman–Crippen MR) is 54.0 cm³/mol. The number of halogens is 1. The highest BCUT2D eigenvalue weighted by Crippen LogP contribution is 1.97. The molecule has 0 saturated heterocycles. The Balaban J connectivity index is 3.04. The minimum atomic E-state index is -0.0547. The standard InChI is InChI=1S/C8H15IO2/c1-2-5-8(10)11-7-4-3-6-9/h2-7H2,1H3.